The molecule has 2 aromatic heterocycles. The van der Waals surface area contributed by atoms with Crippen molar-refractivity contribution < 1.29 is 0 Å². The molecule has 0 aliphatic rings. The minimum absolute atomic E-state index is 0.520. The Morgan fingerprint density at radius 3 is 3.00 bits per heavy atom. The van der Waals surface area contributed by atoms with Crippen LogP contribution in [-0.2, 0) is 13.0 Å². The minimum Gasteiger partial charge on any atom is -0.370 e. The van der Waals surface area contributed by atoms with Crippen LogP contribution in [0.15, 0.2) is 18.7 Å². The summed E-state index contributed by atoms with van der Waals surface area (Å²) in [6.45, 7) is 3.67. The van der Waals surface area contributed by atoms with Crippen LogP contribution in [0.1, 0.15) is 18.9 Å². The second-order valence-corrected chi connectivity index (χ2v) is 4.15. The SMILES string of the molecule is CCc1c(Cl)ncnc1NCCCn1ccnn1. The lowest BCUT2D eigenvalue weighted by atomic mass is 10.2. The lowest BCUT2D eigenvalue weighted by Gasteiger charge is -2.10. The van der Waals surface area contributed by atoms with Crippen molar-refractivity contribution >= 4 is 17.4 Å². The van der Waals surface area contributed by atoms with Crippen molar-refractivity contribution in [2.45, 2.75) is 26.3 Å². The zero-order valence-electron chi connectivity index (χ0n) is 10.2. The van der Waals surface area contributed by atoms with Gasteiger partial charge in [-0.05, 0) is 12.8 Å². The fraction of sp³-hybridized carbons (Fsp3) is 0.455. The topological polar surface area (TPSA) is 68.5 Å². The van der Waals surface area contributed by atoms with Gasteiger partial charge in [0.05, 0.1) is 6.20 Å². The molecular weight excluding hydrogens is 252 g/mol. The molecule has 0 bridgehead atoms. The highest BCUT2D eigenvalue weighted by Gasteiger charge is 2.06. The molecule has 1 N–H and O–H groups in total. The Labute approximate surface area is 110 Å². The number of nitrogens with one attached hydrogen (secondary N) is 1. The van der Waals surface area contributed by atoms with Crippen molar-refractivity contribution in [3.05, 3.63) is 29.4 Å². The summed E-state index contributed by atoms with van der Waals surface area (Å²) in [4.78, 5) is 8.17. The van der Waals surface area contributed by atoms with E-state index < -0.39 is 0 Å². The maximum absolute atomic E-state index is 6.01. The molecule has 2 heterocycles. The summed E-state index contributed by atoms with van der Waals surface area (Å²) in [5.41, 5.74) is 0.958. The molecule has 6 nitrogen and oxygen atoms in total. The van der Waals surface area contributed by atoms with Crippen LogP contribution in [0.5, 0.6) is 0 Å². The fourth-order valence-electron chi connectivity index (χ4n) is 1.66. The van der Waals surface area contributed by atoms with E-state index in [4.69, 9.17) is 11.6 Å². The molecule has 0 aromatic carbocycles. The minimum atomic E-state index is 0.520. The fourth-order valence-corrected chi connectivity index (χ4v) is 1.92. The Bertz CT molecular complexity index is 484. The lowest BCUT2D eigenvalue weighted by molar-refractivity contribution is 0.569. The van der Waals surface area contributed by atoms with Gasteiger partial charge in [0.1, 0.15) is 17.3 Å². The van der Waals surface area contributed by atoms with Gasteiger partial charge in [0.25, 0.3) is 0 Å². The highest BCUT2D eigenvalue weighted by Crippen LogP contribution is 2.19. The maximum atomic E-state index is 6.01. The molecule has 0 atom stereocenters. The van der Waals surface area contributed by atoms with Crippen LogP contribution in [0, 0.1) is 0 Å². The molecule has 0 spiro atoms. The number of rotatable bonds is 6. The maximum Gasteiger partial charge on any atom is 0.137 e. The molecule has 0 radical (unpaired) electrons. The van der Waals surface area contributed by atoms with Gasteiger partial charge in [0.2, 0.25) is 0 Å². The van der Waals surface area contributed by atoms with E-state index in [0.29, 0.717) is 5.15 Å². The largest absolute Gasteiger partial charge is 0.370 e. The molecule has 2 rings (SSSR count). The third-order valence-corrected chi connectivity index (χ3v) is 2.90. The molecule has 0 fully saturated rings. The van der Waals surface area contributed by atoms with Crippen molar-refractivity contribution in [2.75, 3.05) is 11.9 Å². The zero-order valence-corrected chi connectivity index (χ0v) is 10.9. The van der Waals surface area contributed by atoms with E-state index in [2.05, 4.69) is 25.6 Å². The van der Waals surface area contributed by atoms with Gasteiger partial charge in [-0.15, -0.1) is 5.10 Å². The molecule has 18 heavy (non-hydrogen) atoms. The number of aromatic nitrogens is 5. The van der Waals surface area contributed by atoms with Crippen molar-refractivity contribution in [1.82, 2.24) is 25.0 Å². The molecule has 0 unspecified atom stereocenters. The molecule has 0 aliphatic heterocycles. The summed E-state index contributed by atoms with van der Waals surface area (Å²) in [5, 5.41) is 11.4. The van der Waals surface area contributed by atoms with Crippen molar-refractivity contribution in [1.29, 1.82) is 0 Å². The average Bonchev–Trinajstić information content (AvgIpc) is 2.88. The Hall–Kier alpha value is -1.69. The van der Waals surface area contributed by atoms with Gasteiger partial charge in [-0.1, -0.05) is 23.7 Å². The second-order valence-electron chi connectivity index (χ2n) is 3.79. The van der Waals surface area contributed by atoms with Gasteiger partial charge in [-0.25, -0.2) is 9.97 Å². The van der Waals surface area contributed by atoms with E-state index >= 15 is 0 Å². The molecule has 2 aromatic rings. The number of aryl methyl sites for hydroxylation is 1. The van der Waals surface area contributed by atoms with Gasteiger partial charge in [0, 0.05) is 24.8 Å². The molecule has 7 heteroatoms. The summed E-state index contributed by atoms with van der Waals surface area (Å²) >= 11 is 6.01. The van der Waals surface area contributed by atoms with E-state index in [0.717, 1.165) is 37.3 Å². The zero-order chi connectivity index (χ0) is 12.8. The van der Waals surface area contributed by atoms with Crippen LogP contribution in [0.2, 0.25) is 5.15 Å². The van der Waals surface area contributed by atoms with Crippen LogP contribution in [0.25, 0.3) is 0 Å². The predicted molar refractivity (Wildman–Crippen MR) is 69.5 cm³/mol. The van der Waals surface area contributed by atoms with Crippen LogP contribution >= 0.6 is 11.6 Å². The highest BCUT2D eigenvalue weighted by molar-refractivity contribution is 6.30. The number of halogens is 1. The van der Waals surface area contributed by atoms with E-state index in [1.54, 1.807) is 10.9 Å². The molecule has 0 aliphatic carbocycles. The summed E-state index contributed by atoms with van der Waals surface area (Å²) in [7, 11) is 0. The number of anilines is 1. The molecular formula is C11H15ClN6. The first-order valence-electron chi connectivity index (χ1n) is 5.88. The van der Waals surface area contributed by atoms with Crippen molar-refractivity contribution in [3.8, 4) is 0 Å². The monoisotopic (exact) mass is 266 g/mol. The van der Waals surface area contributed by atoms with E-state index in [9.17, 15) is 0 Å². The summed E-state index contributed by atoms with van der Waals surface area (Å²) in [6, 6.07) is 0. The molecule has 0 saturated carbocycles. The van der Waals surface area contributed by atoms with Crippen LogP contribution in [-0.4, -0.2) is 31.5 Å². The smallest absolute Gasteiger partial charge is 0.137 e. The van der Waals surface area contributed by atoms with Crippen LogP contribution in [0.4, 0.5) is 5.82 Å². The lowest BCUT2D eigenvalue weighted by Crippen LogP contribution is -2.10. The number of hydrogen-bond donors (Lipinski definition) is 1. The first-order valence-corrected chi connectivity index (χ1v) is 6.26. The van der Waals surface area contributed by atoms with E-state index in [-0.39, 0.29) is 0 Å². The van der Waals surface area contributed by atoms with E-state index in [1.807, 2.05) is 13.1 Å². The normalized spacial score (nSPS) is 10.6. The first-order chi connectivity index (χ1) is 8.81. The standard InChI is InChI=1S/C11H15ClN6/c1-2-9-10(12)14-8-15-11(9)13-4-3-6-18-7-5-16-17-18/h5,7-8H,2-4,6H2,1H3,(H,13,14,15). The Balaban J connectivity index is 1.85. The Morgan fingerprint density at radius 1 is 1.39 bits per heavy atom. The van der Waals surface area contributed by atoms with E-state index in [1.165, 1.54) is 6.33 Å². The first kappa shape index (κ1) is 12.8. The van der Waals surface area contributed by atoms with Gasteiger partial charge in [0.15, 0.2) is 0 Å². The van der Waals surface area contributed by atoms with Crippen LogP contribution in [0.3, 0.4) is 0 Å². The van der Waals surface area contributed by atoms with Crippen molar-refractivity contribution in [3.63, 3.8) is 0 Å². The predicted octanol–water partition coefficient (Wildman–Crippen LogP) is 1.79. The molecule has 0 amide bonds. The molecule has 96 valence electrons. The van der Waals surface area contributed by atoms with Gasteiger partial charge < -0.3 is 5.32 Å². The third kappa shape index (κ3) is 3.16. The molecule has 0 saturated heterocycles. The average molecular weight is 267 g/mol. The number of hydrogen-bond acceptors (Lipinski definition) is 5. The number of nitrogens with zero attached hydrogens (tertiary/aromatic N) is 5. The Morgan fingerprint density at radius 2 is 2.28 bits per heavy atom. The quantitative estimate of drug-likeness (QED) is 0.638. The van der Waals surface area contributed by atoms with Crippen molar-refractivity contribution in [2.24, 2.45) is 0 Å². The second kappa shape index (κ2) is 6.30. The summed E-state index contributed by atoms with van der Waals surface area (Å²) in [5.74, 6) is 0.816. The summed E-state index contributed by atoms with van der Waals surface area (Å²) in [6.07, 6.45) is 6.74. The van der Waals surface area contributed by atoms with Gasteiger partial charge in [-0.3, -0.25) is 4.68 Å². The third-order valence-electron chi connectivity index (χ3n) is 2.57. The Kier molecular flexibility index (Phi) is 4.46. The van der Waals surface area contributed by atoms with Crippen LogP contribution < -0.4 is 5.32 Å². The summed E-state index contributed by atoms with van der Waals surface area (Å²) < 4.78 is 1.80. The highest BCUT2D eigenvalue weighted by atomic mass is 35.5. The van der Waals surface area contributed by atoms with Gasteiger partial charge >= 0.3 is 0 Å². The van der Waals surface area contributed by atoms with Gasteiger partial charge in [-0.2, -0.15) is 0 Å².